The number of aromatic amines is 1. The Labute approximate surface area is 106 Å². The molecule has 17 heavy (non-hydrogen) atoms. The molecule has 5 nitrogen and oxygen atoms in total. The Balaban J connectivity index is 2.30. The van der Waals surface area contributed by atoms with E-state index in [-0.39, 0.29) is 5.69 Å². The lowest BCUT2D eigenvalue weighted by Gasteiger charge is -1.98. The summed E-state index contributed by atoms with van der Waals surface area (Å²) in [5.74, 6) is 0.0857. The zero-order valence-corrected chi connectivity index (χ0v) is 10.7. The molecule has 6 heteroatoms. The number of aromatic nitrogens is 3. The molecule has 2 aromatic heterocycles. The first-order valence-electron chi connectivity index (χ1n) is 5.05. The van der Waals surface area contributed by atoms with Crippen molar-refractivity contribution in [3.05, 3.63) is 34.7 Å². The third-order valence-electron chi connectivity index (χ3n) is 2.05. The van der Waals surface area contributed by atoms with Gasteiger partial charge in [-0.25, -0.2) is 9.78 Å². The molecule has 0 fully saturated rings. The zero-order valence-electron chi connectivity index (χ0n) is 9.11. The van der Waals surface area contributed by atoms with Crippen molar-refractivity contribution in [2.24, 2.45) is 0 Å². The number of nitrogens with one attached hydrogen (secondary N) is 1. The number of pyridine rings is 1. The summed E-state index contributed by atoms with van der Waals surface area (Å²) in [5.41, 5.74) is 0.905. The highest BCUT2D eigenvalue weighted by atomic mass is 79.9. The summed E-state index contributed by atoms with van der Waals surface area (Å²) in [7, 11) is 0. The van der Waals surface area contributed by atoms with E-state index < -0.39 is 5.97 Å². The third-order valence-corrected chi connectivity index (χ3v) is 2.69. The van der Waals surface area contributed by atoms with Crippen molar-refractivity contribution in [1.29, 1.82) is 0 Å². The minimum atomic E-state index is -0.443. The van der Waals surface area contributed by atoms with Gasteiger partial charge in [-0.2, -0.15) is 0 Å². The minimum absolute atomic E-state index is 0.249. The van der Waals surface area contributed by atoms with Gasteiger partial charge in [-0.1, -0.05) is 0 Å². The number of nitrogens with zero attached hydrogens (tertiary/aromatic N) is 2. The Hall–Kier alpha value is -1.69. The van der Waals surface area contributed by atoms with Crippen LogP contribution in [-0.2, 0) is 4.74 Å². The lowest BCUT2D eigenvalue weighted by atomic mass is 10.3. The maximum Gasteiger partial charge on any atom is 0.358 e. The van der Waals surface area contributed by atoms with E-state index in [9.17, 15) is 4.79 Å². The van der Waals surface area contributed by atoms with Crippen molar-refractivity contribution in [3.8, 4) is 11.5 Å². The van der Waals surface area contributed by atoms with Crippen LogP contribution in [0.25, 0.3) is 11.5 Å². The maximum absolute atomic E-state index is 11.4. The highest BCUT2D eigenvalue weighted by molar-refractivity contribution is 9.10. The summed E-state index contributed by atoms with van der Waals surface area (Å²) in [6, 6.07) is 3.66. The lowest BCUT2D eigenvalue weighted by Crippen LogP contribution is -2.04. The second kappa shape index (κ2) is 5.09. The molecule has 2 heterocycles. The summed E-state index contributed by atoms with van der Waals surface area (Å²) < 4.78 is 5.66. The first-order chi connectivity index (χ1) is 8.22. The summed E-state index contributed by atoms with van der Waals surface area (Å²) in [5, 5.41) is 0. The first kappa shape index (κ1) is 11.8. The van der Waals surface area contributed by atoms with Crippen molar-refractivity contribution in [2.45, 2.75) is 6.92 Å². The van der Waals surface area contributed by atoms with Crippen molar-refractivity contribution >= 4 is 21.9 Å². The molecule has 1 N–H and O–H groups in total. The van der Waals surface area contributed by atoms with Crippen LogP contribution in [0.5, 0.6) is 0 Å². The molecule has 0 spiro atoms. The van der Waals surface area contributed by atoms with E-state index in [0.717, 1.165) is 4.47 Å². The molecule has 0 bridgehead atoms. The topological polar surface area (TPSA) is 67.9 Å². The highest BCUT2D eigenvalue weighted by Gasteiger charge is 2.14. The second-order valence-electron chi connectivity index (χ2n) is 3.19. The number of rotatable bonds is 3. The van der Waals surface area contributed by atoms with Crippen LogP contribution in [0.4, 0.5) is 0 Å². The van der Waals surface area contributed by atoms with Crippen LogP contribution in [0.3, 0.4) is 0 Å². The predicted octanol–water partition coefficient (Wildman–Crippen LogP) is 2.41. The van der Waals surface area contributed by atoms with Crippen molar-refractivity contribution in [2.75, 3.05) is 6.61 Å². The quantitative estimate of drug-likeness (QED) is 0.883. The number of carbonyl (C=O) groups is 1. The fourth-order valence-electron chi connectivity index (χ4n) is 1.31. The van der Waals surface area contributed by atoms with E-state index in [1.165, 1.54) is 6.20 Å². The number of hydrogen-bond donors (Lipinski definition) is 1. The van der Waals surface area contributed by atoms with Gasteiger partial charge in [0.25, 0.3) is 0 Å². The van der Waals surface area contributed by atoms with Crippen LogP contribution in [0.1, 0.15) is 17.4 Å². The Morgan fingerprint density at radius 1 is 1.59 bits per heavy atom. The molecule has 2 aromatic rings. The summed E-state index contributed by atoms with van der Waals surface area (Å²) in [4.78, 5) is 22.6. The largest absolute Gasteiger partial charge is 0.461 e. The van der Waals surface area contributed by atoms with Gasteiger partial charge in [0.1, 0.15) is 5.69 Å². The van der Waals surface area contributed by atoms with Gasteiger partial charge in [-0.15, -0.1) is 0 Å². The number of ether oxygens (including phenoxy) is 1. The molecule has 0 radical (unpaired) electrons. The number of esters is 1. The average molecular weight is 296 g/mol. The Morgan fingerprint density at radius 2 is 2.41 bits per heavy atom. The van der Waals surface area contributed by atoms with E-state index >= 15 is 0 Å². The zero-order chi connectivity index (χ0) is 12.3. The van der Waals surface area contributed by atoms with Crippen LogP contribution >= 0.6 is 15.9 Å². The summed E-state index contributed by atoms with van der Waals surface area (Å²) >= 11 is 3.37. The minimum Gasteiger partial charge on any atom is -0.461 e. The number of imidazole rings is 1. The smallest absolute Gasteiger partial charge is 0.358 e. The lowest BCUT2D eigenvalue weighted by molar-refractivity contribution is 0.0520. The number of halogens is 1. The van der Waals surface area contributed by atoms with Crippen LogP contribution in [-0.4, -0.2) is 27.5 Å². The fraction of sp³-hybridized carbons (Fsp3) is 0.182. The van der Waals surface area contributed by atoms with Crippen molar-refractivity contribution in [3.63, 3.8) is 0 Å². The van der Waals surface area contributed by atoms with Gasteiger partial charge in [0.05, 0.1) is 6.61 Å². The second-order valence-corrected chi connectivity index (χ2v) is 4.04. The van der Waals surface area contributed by atoms with Crippen LogP contribution in [0.15, 0.2) is 29.0 Å². The van der Waals surface area contributed by atoms with Crippen molar-refractivity contribution in [1.82, 2.24) is 15.0 Å². The van der Waals surface area contributed by atoms with Crippen LogP contribution in [0, 0.1) is 0 Å². The Morgan fingerprint density at radius 3 is 3.12 bits per heavy atom. The standard InChI is InChI=1S/C11H10BrN3O2/c1-2-17-11(16)8-6-14-10(15-8)9-7(12)4-3-5-13-9/h3-6H,2H2,1H3,(H,14,15). The molecule has 0 amide bonds. The summed E-state index contributed by atoms with van der Waals surface area (Å²) in [6.45, 7) is 2.08. The van der Waals surface area contributed by atoms with Gasteiger partial charge in [0.2, 0.25) is 0 Å². The van der Waals surface area contributed by atoms with E-state index in [1.807, 2.05) is 12.1 Å². The molecule has 2 rings (SSSR count). The van der Waals surface area contributed by atoms with Gasteiger partial charge in [0.15, 0.2) is 11.5 Å². The first-order valence-corrected chi connectivity index (χ1v) is 5.85. The molecule has 0 saturated heterocycles. The monoisotopic (exact) mass is 295 g/mol. The molecule has 88 valence electrons. The fourth-order valence-corrected chi connectivity index (χ4v) is 1.76. The molecule has 0 aliphatic rings. The predicted molar refractivity (Wildman–Crippen MR) is 65.5 cm³/mol. The molecule has 0 atom stereocenters. The van der Waals surface area contributed by atoms with E-state index in [0.29, 0.717) is 18.1 Å². The van der Waals surface area contributed by atoms with Crippen LogP contribution < -0.4 is 0 Å². The van der Waals surface area contributed by atoms with Gasteiger partial charge in [0, 0.05) is 16.9 Å². The average Bonchev–Trinajstić information content (AvgIpc) is 2.79. The molecule has 0 saturated carbocycles. The van der Waals surface area contributed by atoms with Gasteiger partial charge < -0.3 is 9.72 Å². The molecule has 0 aliphatic carbocycles. The van der Waals surface area contributed by atoms with E-state index in [2.05, 4.69) is 30.9 Å². The highest BCUT2D eigenvalue weighted by Crippen LogP contribution is 2.22. The van der Waals surface area contributed by atoms with E-state index in [1.54, 1.807) is 13.1 Å². The van der Waals surface area contributed by atoms with Crippen LogP contribution in [0.2, 0.25) is 0 Å². The van der Waals surface area contributed by atoms with Crippen molar-refractivity contribution < 1.29 is 9.53 Å². The Kier molecular flexibility index (Phi) is 3.53. The molecule has 0 unspecified atom stereocenters. The Bertz CT molecular complexity index is 539. The molecule has 0 aromatic carbocycles. The normalized spacial score (nSPS) is 10.2. The third kappa shape index (κ3) is 2.52. The molecule has 0 aliphatic heterocycles. The van der Waals surface area contributed by atoms with Gasteiger partial charge >= 0.3 is 5.97 Å². The van der Waals surface area contributed by atoms with E-state index in [4.69, 9.17) is 4.74 Å². The molecular formula is C11H10BrN3O2. The summed E-state index contributed by atoms with van der Waals surface area (Å²) in [6.07, 6.45) is 3.17. The molecular weight excluding hydrogens is 286 g/mol. The number of H-pyrrole nitrogens is 1. The number of hydrogen-bond acceptors (Lipinski definition) is 4. The number of carbonyl (C=O) groups excluding carboxylic acids is 1. The van der Waals surface area contributed by atoms with Gasteiger partial charge in [-0.3, -0.25) is 4.98 Å². The SMILES string of the molecule is CCOC(=O)c1c[nH]c(-c2ncccc2Br)n1. The maximum atomic E-state index is 11.4. The van der Waals surface area contributed by atoms with Gasteiger partial charge in [-0.05, 0) is 35.0 Å².